The molecule has 0 radical (unpaired) electrons. The van der Waals surface area contributed by atoms with Gasteiger partial charge in [0.05, 0.1) is 18.9 Å². The van der Waals surface area contributed by atoms with Crippen molar-refractivity contribution in [1.29, 1.82) is 0 Å². The van der Waals surface area contributed by atoms with Gasteiger partial charge in [0.2, 0.25) is 11.8 Å². The molecule has 1 aromatic carbocycles. The number of fused-ring (bicyclic) bond motifs is 1. The van der Waals surface area contributed by atoms with Crippen molar-refractivity contribution in [1.82, 2.24) is 10.2 Å². The number of nitrogens with one attached hydrogen (secondary N) is 1. The van der Waals surface area contributed by atoms with Crippen LogP contribution in [0.2, 0.25) is 0 Å². The minimum absolute atomic E-state index is 0.0343. The Labute approximate surface area is 169 Å². The second-order valence-corrected chi connectivity index (χ2v) is 8.54. The lowest BCUT2D eigenvalue weighted by Crippen LogP contribution is -2.56. The van der Waals surface area contributed by atoms with Crippen LogP contribution in [0.15, 0.2) is 18.2 Å². The number of phenolic OH excluding ortho intramolecular Hbond substituents is 1. The number of amides is 2. The molecule has 2 amide bonds. The van der Waals surface area contributed by atoms with Gasteiger partial charge >= 0.3 is 5.97 Å². The van der Waals surface area contributed by atoms with Crippen molar-refractivity contribution >= 4 is 17.8 Å². The molecule has 0 saturated carbocycles. The molecule has 0 aromatic heterocycles. The van der Waals surface area contributed by atoms with Crippen LogP contribution in [0, 0.1) is 17.8 Å². The van der Waals surface area contributed by atoms with Crippen molar-refractivity contribution < 1.29 is 29.3 Å². The molecule has 2 heterocycles. The third-order valence-corrected chi connectivity index (χ3v) is 5.90. The SMILES string of the molecule is COc1cccc([C@@H]2N[C@](CC(C)C)(C(=O)O)[C@H]3C(=O)N(C(C)C)C(=O)[C@@H]23)c1O. The number of para-hydroxylation sites is 1. The molecular weight excluding hydrogens is 376 g/mol. The van der Waals surface area contributed by atoms with Crippen molar-refractivity contribution in [3.63, 3.8) is 0 Å². The van der Waals surface area contributed by atoms with Crippen molar-refractivity contribution in [2.75, 3.05) is 7.11 Å². The van der Waals surface area contributed by atoms with Gasteiger partial charge in [-0.3, -0.25) is 24.6 Å². The van der Waals surface area contributed by atoms with E-state index >= 15 is 0 Å². The Hall–Kier alpha value is -2.61. The molecule has 0 aliphatic carbocycles. The topological polar surface area (TPSA) is 116 Å². The highest BCUT2D eigenvalue weighted by Crippen LogP contribution is 2.53. The van der Waals surface area contributed by atoms with E-state index in [9.17, 15) is 24.6 Å². The number of hydrogen-bond acceptors (Lipinski definition) is 6. The summed E-state index contributed by atoms with van der Waals surface area (Å²) < 4.78 is 5.17. The Bertz CT molecular complexity index is 852. The predicted octanol–water partition coefficient (Wildman–Crippen LogP) is 1.92. The average Bonchev–Trinajstić information content (AvgIpc) is 3.09. The summed E-state index contributed by atoms with van der Waals surface area (Å²) in [5, 5.41) is 23.9. The third-order valence-electron chi connectivity index (χ3n) is 5.90. The van der Waals surface area contributed by atoms with Crippen molar-refractivity contribution in [2.24, 2.45) is 17.8 Å². The zero-order valence-corrected chi connectivity index (χ0v) is 17.3. The molecule has 2 aliphatic heterocycles. The first-order chi connectivity index (χ1) is 13.6. The fraction of sp³-hybridized carbons (Fsp3) is 0.571. The Morgan fingerprint density at radius 1 is 1.24 bits per heavy atom. The van der Waals surface area contributed by atoms with Crippen LogP contribution in [-0.2, 0) is 14.4 Å². The molecule has 29 heavy (non-hydrogen) atoms. The van der Waals surface area contributed by atoms with E-state index in [1.807, 2.05) is 13.8 Å². The van der Waals surface area contributed by atoms with E-state index in [1.54, 1.807) is 32.0 Å². The molecule has 2 fully saturated rings. The maximum atomic E-state index is 13.2. The fourth-order valence-corrected chi connectivity index (χ4v) is 4.87. The van der Waals surface area contributed by atoms with Gasteiger partial charge in [-0.25, -0.2) is 0 Å². The van der Waals surface area contributed by atoms with Crippen LogP contribution < -0.4 is 10.1 Å². The summed E-state index contributed by atoms with van der Waals surface area (Å²) in [5.41, 5.74) is -1.26. The summed E-state index contributed by atoms with van der Waals surface area (Å²) in [6, 6.07) is 3.65. The molecule has 8 nitrogen and oxygen atoms in total. The van der Waals surface area contributed by atoms with E-state index in [4.69, 9.17) is 4.74 Å². The molecule has 1 aromatic rings. The standard InChI is InChI=1S/C21H28N2O6/c1-10(2)9-21(20(27)28)15-14(18(25)23(11(3)4)19(15)26)16(22-21)12-7-6-8-13(29-5)17(12)24/h6-8,10-11,14-16,22,24H,9H2,1-5H3,(H,27,28)/t14-,15-,16+,21+/m1/s1. The molecule has 158 valence electrons. The first-order valence-electron chi connectivity index (χ1n) is 9.80. The number of benzene rings is 1. The molecule has 4 atom stereocenters. The predicted molar refractivity (Wildman–Crippen MR) is 104 cm³/mol. The first kappa shape index (κ1) is 21.1. The van der Waals surface area contributed by atoms with E-state index in [0.717, 1.165) is 0 Å². The van der Waals surface area contributed by atoms with Crippen LogP contribution >= 0.6 is 0 Å². The molecule has 8 heteroatoms. The van der Waals surface area contributed by atoms with Gasteiger partial charge in [0, 0.05) is 17.6 Å². The highest BCUT2D eigenvalue weighted by Gasteiger charge is 2.68. The average molecular weight is 404 g/mol. The minimum Gasteiger partial charge on any atom is -0.504 e. The fourth-order valence-electron chi connectivity index (χ4n) is 4.87. The molecule has 3 rings (SSSR count). The molecular formula is C21H28N2O6. The Morgan fingerprint density at radius 2 is 1.90 bits per heavy atom. The number of carbonyl (C=O) groups excluding carboxylic acids is 2. The maximum absolute atomic E-state index is 13.2. The number of likely N-dealkylation sites (tertiary alicyclic amines) is 1. The van der Waals surface area contributed by atoms with E-state index in [-0.39, 0.29) is 29.9 Å². The van der Waals surface area contributed by atoms with Crippen molar-refractivity contribution in [3.05, 3.63) is 23.8 Å². The van der Waals surface area contributed by atoms with E-state index in [0.29, 0.717) is 5.56 Å². The van der Waals surface area contributed by atoms with Gasteiger partial charge in [-0.1, -0.05) is 26.0 Å². The maximum Gasteiger partial charge on any atom is 0.324 e. The van der Waals surface area contributed by atoms with E-state index < -0.39 is 41.2 Å². The molecule has 0 unspecified atom stereocenters. The number of hydrogen-bond donors (Lipinski definition) is 3. The smallest absolute Gasteiger partial charge is 0.324 e. The second kappa shape index (κ2) is 7.33. The van der Waals surface area contributed by atoms with Crippen molar-refractivity contribution in [3.8, 4) is 11.5 Å². The summed E-state index contributed by atoms with van der Waals surface area (Å²) in [7, 11) is 1.41. The number of ether oxygens (including phenoxy) is 1. The number of carbonyl (C=O) groups is 3. The zero-order valence-electron chi connectivity index (χ0n) is 17.3. The summed E-state index contributed by atoms with van der Waals surface area (Å²) in [6.45, 7) is 7.21. The van der Waals surface area contributed by atoms with E-state index in [1.165, 1.54) is 12.0 Å². The number of carboxylic acids is 1. The van der Waals surface area contributed by atoms with Crippen LogP contribution in [-0.4, -0.2) is 51.6 Å². The number of aromatic hydroxyl groups is 1. The van der Waals surface area contributed by atoms with Gasteiger partial charge in [-0.2, -0.15) is 0 Å². The Kier molecular flexibility index (Phi) is 5.34. The van der Waals surface area contributed by atoms with Gasteiger partial charge in [-0.15, -0.1) is 0 Å². The third kappa shape index (κ3) is 3.06. The number of imide groups is 1. The second-order valence-electron chi connectivity index (χ2n) is 8.54. The van der Waals surface area contributed by atoms with Crippen LogP contribution in [0.5, 0.6) is 11.5 Å². The molecule has 2 saturated heterocycles. The molecule has 2 aliphatic rings. The Balaban J connectivity index is 2.21. The summed E-state index contributed by atoms with van der Waals surface area (Å²) >= 11 is 0. The lowest BCUT2D eigenvalue weighted by atomic mass is 9.75. The molecule has 0 spiro atoms. The van der Waals surface area contributed by atoms with Crippen LogP contribution in [0.25, 0.3) is 0 Å². The summed E-state index contributed by atoms with van der Waals surface area (Å²) in [6.07, 6.45) is 0.176. The lowest BCUT2D eigenvalue weighted by molar-refractivity contribution is -0.152. The van der Waals surface area contributed by atoms with Crippen molar-refractivity contribution in [2.45, 2.75) is 51.7 Å². The number of aliphatic carboxylic acids is 1. The van der Waals surface area contributed by atoms with Crippen LogP contribution in [0.3, 0.4) is 0 Å². The molecule has 0 bridgehead atoms. The number of methoxy groups -OCH3 is 1. The zero-order chi connectivity index (χ0) is 21.7. The summed E-state index contributed by atoms with van der Waals surface area (Å²) in [5.74, 6) is -4.01. The van der Waals surface area contributed by atoms with Crippen LogP contribution in [0.1, 0.15) is 45.7 Å². The Morgan fingerprint density at radius 3 is 2.41 bits per heavy atom. The number of nitrogens with zero attached hydrogens (tertiary/aromatic N) is 1. The van der Waals surface area contributed by atoms with Crippen LogP contribution in [0.4, 0.5) is 0 Å². The monoisotopic (exact) mass is 404 g/mol. The number of carboxylic acid groups (broad SMARTS) is 1. The van der Waals surface area contributed by atoms with Gasteiger partial charge in [0.25, 0.3) is 0 Å². The number of phenols is 1. The highest BCUT2D eigenvalue weighted by molar-refractivity contribution is 6.09. The largest absolute Gasteiger partial charge is 0.504 e. The normalized spacial score (nSPS) is 29.1. The van der Waals surface area contributed by atoms with Gasteiger partial charge in [0.15, 0.2) is 11.5 Å². The van der Waals surface area contributed by atoms with Gasteiger partial charge in [-0.05, 0) is 32.3 Å². The van der Waals surface area contributed by atoms with Gasteiger partial charge < -0.3 is 14.9 Å². The molecule has 3 N–H and O–H groups in total. The van der Waals surface area contributed by atoms with E-state index in [2.05, 4.69) is 5.32 Å². The summed E-state index contributed by atoms with van der Waals surface area (Å²) in [4.78, 5) is 40.1. The number of rotatable bonds is 6. The highest BCUT2D eigenvalue weighted by atomic mass is 16.5. The van der Waals surface area contributed by atoms with Gasteiger partial charge in [0.1, 0.15) is 5.54 Å². The minimum atomic E-state index is -1.60. The first-order valence-corrected chi connectivity index (χ1v) is 9.80. The lowest BCUT2D eigenvalue weighted by Gasteiger charge is -2.33. The quantitative estimate of drug-likeness (QED) is 0.620.